The molecule has 2 rings (SSSR count). The van der Waals surface area contributed by atoms with Crippen LogP contribution in [0.2, 0.25) is 0 Å². The molecule has 16 heavy (non-hydrogen) atoms. The number of nitrogens with one attached hydrogen (secondary N) is 1. The minimum Gasteiger partial charge on any atom is -0.384 e. The average Bonchev–Trinajstić information content (AvgIpc) is 2.74. The van der Waals surface area contributed by atoms with Crippen LogP contribution in [0.15, 0.2) is 36.7 Å². The maximum atomic E-state index is 8.57. The van der Waals surface area contributed by atoms with Gasteiger partial charge in [-0.25, -0.2) is 0 Å². The maximum Gasteiger partial charge on any atom is 0.181 e. The Hall–Kier alpha value is -1.83. The molecule has 2 N–H and O–H groups in total. The number of hydrogen-bond donors (Lipinski definition) is 2. The molecule has 0 bridgehead atoms. The maximum absolute atomic E-state index is 8.57. The van der Waals surface area contributed by atoms with Gasteiger partial charge in [0.1, 0.15) is 6.61 Å². The molecular weight excluding hydrogens is 220 g/mol. The minimum absolute atomic E-state index is 0.120. The zero-order valence-corrected chi connectivity index (χ0v) is 9.29. The fraction of sp³-hybridized carbons (Fsp3) is 0.0833. The Morgan fingerprint density at radius 2 is 2.06 bits per heavy atom. The van der Waals surface area contributed by atoms with Crippen LogP contribution in [0.4, 0.5) is 0 Å². The first-order valence-corrected chi connectivity index (χ1v) is 5.18. The topological polar surface area (TPSA) is 41.0 Å². The number of benzene rings is 1. The average molecular weight is 230 g/mol. The second kappa shape index (κ2) is 4.79. The summed E-state index contributed by atoms with van der Waals surface area (Å²) in [7, 11) is 0. The highest BCUT2D eigenvalue weighted by molar-refractivity contribution is 7.71. The second-order valence-corrected chi connectivity index (χ2v) is 3.53. The summed E-state index contributed by atoms with van der Waals surface area (Å²) in [4.78, 5) is 2.93. The molecule has 0 saturated carbocycles. The molecule has 0 atom stereocenters. The predicted molar refractivity (Wildman–Crippen MR) is 64.9 cm³/mol. The summed E-state index contributed by atoms with van der Waals surface area (Å²) in [5.74, 6) is 5.44. The second-order valence-electron chi connectivity index (χ2n) is 3.14. The van der Waals surface area contributed by atoms with Crippen molar-refractivity contribution < 1.29 is 5.11 Å². The first kappa shape index (κ1) is 10.7. The molecular formula is C12H10N2OS. The predicted octanol–water partition coefficient (Wildman–Crippen LogP) is 1.88. The number of rotatable bonds is 1. The van der Waals surface area contributed by atoms with Crippen molar-refractivity contribution in [1.82, 2.24) is 9.55 Å². The Morgan fingerprint density at radius 1 is 1.31 bits per heavy atom. The fourth-order valence-corrected chi connectivity index (χ4v) is 1.60. The number of aliphatic hydroxyl groups excluding tert-OH is 1. The van der Waals surface area contributed by atoms with E-state index in [1.54, 1.807) is 6.20 Å². The normalized spacial score (nSPS) is 9.56. The molecule has 0 radical (unpaired) electrons. The molecule has 0 aliphatic heterocycles. The Labute approximate surface area is 98.4 Å². The van der Waals surface area contributed by atoms with Crippen LogP contribution in [0.1, 0.15) is 5.56 Å². The zero-order valence-electron chi connectivity index (χ0n) is 8.47. The van der Waals surface area contributed by atoms with Crippen molar-refractivity contribution in [3.8, 4) is 17.5 Å². The van der Waals surface area contributed by atoms with Crippen molar-refractivity contribution >= 4 is 12.2 Å². The number of H-pyrrole nitrogens is 1. The lowest BCUT2D eigenvalue weighted by Gasteiger charge is -2.01. The lowest BCUT2D eigenvalue weighted by Crippen LogP contribution is -1.91. The van der Waals surface area contributed by atoms with Gasteiger partial charge in [-0.2, -0.15) is 0 Å². The summed E-state index contributed by atoms with van der Waals surface area (Å²) >= 11 is 5.12. The van der Waals surface area contributed by atoms with Crippen LogP contribution in [-0.2, 0) is 0 Å². The molecule has 1 aromatic carbocycles. The monoisotopic (exact) mass is 230 g/mol. The van der Waals surface area contributed by atoms with Crippen LogP contribution in [0, 0.1) is 16.6 Å². The molecule has 0 saturated heterocycles. The Balaban J connectivity index is 2.33. The summed E-state index contributed by atoms with van der Waals surface area (Å²) in [6.07, 6.45) is 3.67. The first-order chi connectivity index (χ1) is 7.81. The molecule has 0 unspecified atom stereocenters. The number of imidazole rings is 1. The molecule has 1 heterocycles. The van der Waals surface area contributed by atoms with Gasteiger partial charge in [-0.15, -0.1) is 0 Å². The fourth-order valence-electron chi connectivity index (χ4n) is 1.37. The van der Waals surface area contributed by atoms with Crippen LogP contribution >= 0.6 is 12.2 Å². The van der Waals surface area contributed by atoms with Crippen molar-refractivity contribution in [2.24, 2.45) is 0 Å². The standard InChI is InChI=1S/C12H10N2OS/c15-9-1-2-10-3-5-11(6-4-10)14-8-7-13-12(14)16/h3-8,15H,9H2,(H,13,16). The Morgan fingerprint density at radius 3 is 2.62 bits per heavy atom. The molecule has 0 aliphatic rings. The van der Waals surface area contributed by atoms with Crippen LogP contribution in [0.5, 0.6) is 0 Å². The Bertz CT molecular complexity index is 584. The molecule has 0 spiro atoms. The van der Waals surface area contributed by atoms with Crippen LogP contribution in [0.25, 0.3) is 5.69 Å². The third-order valence-corrected chi connectivity index (χ3v) is 2.42. The van der Waals surface area contributed by atoms with Gasteiger partial charge in [0.2, 0.25) is 0 Å². The van der Waals surface area contributed by atoms with E-state index in [0.717, 1.165) is 11.3 Å². The smallest absolute Gasteiger partial charge is 0.181 e. The van der Waals surface area contributed by atoms with Gasteiger partial charge in [0.05, 0.1) is 0 Å². The van der Waals surface area contributed by atoms with Gasteiger partial charge in [0.25, 0.3) is 0 Å². The van der Waals surface area contributed by atoms with Crippen LogP contribution in [-0.4, -0.2) is 21.3 Å². The minimum atomic E-state index is -0.120. The van der Waals surface area contributed by atoms with Gasteiger partial charge < -0.3 is 10.1 Å². The number of aliphatic hydroxyl groups is 1. The molecule has 0 aliphatic carbocycles. The molecule has 4 heteroatoms. The lowest BCUT2D eigenvalue weighted by atomic mass is 10.2. The quantitative estimate of drug-likeness (QED) is 0.580. The lowest BCUT2D eigenvalue weighted by molar-refractivity contribution is 0.350. The van der Waals surface area contributed by atoms with E-state index < -0.39 is 0 Å². The molecule has 3 nitrogen and oxygen atoms in total. The summed E-state index contributed by atoms with van der Waals surface area (Å²) in [5, 5.41) is 8.57. The molecule has 0 amide bonds. The number of hydrogen-bond acceptors (Lipinski definition) is 2. The van der Waals surface area contributed by atoms with E-state index in [9.17, 15) is 0 Å². The van der Waals surface area contributed by atoms with E-state index in [4.69, 9.17) is 17.3 Å². The summed E-state index contributed by atoms with van der Waals surface area (Å²) in [6.45, 7) is -0.120. The number of aromatic amines is 1. The van der Waals surface area contributed by atoms with Gasteiger partial charge in [-0.05, 0) is 36.5 Å². The third kappa shape index (κ3) is 2.22. The van der Waals surface area contributed by atoms with Gasteiger partial charge in [-0.1, -0.05) is 11.8 Å². The molecule has 80 valence electrons. The van der Waals surface area contributed by atoms with Crippen molar-refractivity contribution in [3.05, 3.63) is 47.0 Å². The number of nitrogens with zero attached hydrogens (tertiary/aromatic N) is 1. The largest absolute Gasteiger partial charge is 0.384 e. The van der Waals surface area contributed by atoms with E-state index in [-0.39, 0.29) is 6.61 Å². The number of aromatic nitrogens is 2. The van der Waals surface area contributed by atoms with Gasteiger partial charge in [0, 0.05) is 23.6 Å². The van der Waals surface area contributed by atoms with E-state index in [1.807, 2.05) is 35.0 Å². The van der Waals surface area contributed by atoms with E-state index in [1.165, 1.54) is 0 Å². The zero-order chi connectivity index (χ0) is 11.4. The van der Waals surface area contributed by atoms with Crippen molar-refractivity contribution in [3.63, 3.8) is 0 Å². The molecule has 0 fully saturated rings. The first-order valence-electron chi connectivity index (χ1n) is 4.77. The highest BCUT2D eigenvalue weighted by atomic mass is 32.1. The SMILES string of the molecule is OCC#Cc1ccc(-n2cc[nH]c2=S)cc1. The summed E-state index contributed by atoms with van der Waals surface area (Å²) in [5.41, 5.74) is 1.86. The van der Waals surface area contributed by atoms with E-state index >= 15 is 0 Å². The van der Waals surface area contributed by atoms with Crippen LogP contribution < -0.4 is 0 Å². The summed E-state index contributed by atoms with van der Waals surface area (Å²) < 4.78 is 2.53. The highest BCUT2D eigenvalue weighted by Gasteiger charge is 1.96. The highest BCUT2D eigenvalue weighted by Crippen LogP contribution is 2.09. The van der Waals surface area contributed by atoms with Gasteiger partial charge in [-0.3, -0.25) is 4.57 Å². The molecule has 1 aromatic heterocycles. The third-order valence-electron chi connectivity index (χ3n) is 2.11. The van der Waals surface area contributed by atoms with E-state index in [2.05, 4.69) is 16.8 Å². The van der Waals surface area contributed by atoms with Crippen LogP contribution in [0.3, 0.4) is 0 Å². The van der Waals surface area contributed by atoms with Gasteiger partial charge in [0.15, 0.2) is 4.77 Å². The molecule has 2 aromatic rings. The van der Waals surface area contributed by atoms with E-state index in [0.29, 0.717) is 4.77 Å². The van der Waals surface area contributed by atoms with Crippen molar-refractivity contribution in [2.75, 3.05) is 6.61 Å². The Kier molecular flexibility index (Phi) is 3.20. The van der Waals surface area contributed by atoms with Crippen molar-refractivity contribution in [2.45, 2.75) is 0 Å². The summed E-state index contributed by atoms with van der Waals surface area (Å²) in [6, 6.07) is 7.66. The van der Waals surface area contributed by atoms with Crippen molar-refractivity contribution in [1.29, 1.82) is 0 Å². The van der Waals surface area contributed by atoms with Gasteiger partial charge >= 0.3 is 0 Å².